The zero-order valence-corrected chi connectivity index (χ0v) is 17.7. The average molecular weight is 429 g/mol. The molecule has 3 heterocycles. The first-order valence-electron chi connectivity index (χ1n) is 9.42. The van der Waals surface area contributed by atoms with Gasteiger partial charge in [-0.3, -0.25) is 0 Å². The Hall–Kier alpha value is -3.17. The molecule has 9 heteroatoms. The number of fused-ring (bicyclic) bond motifs is 2. The third-order valence-electron chi connectivity index (χ3n) is 4.89. The molecule has 0 radical (unpaired) electrons. The van der Waals surface area contributed by atoms with E-state index in [1.54, 1.807) is 11.3 Å². The monoisotopic (exact) mass is 428 g/mol. The molecule has 2 aliphatic heterocycles. The van der Waals surface area contributed by atoms with E-state index in [2.05, 4.69) is 63.8 Å². The van der Waals surface area contributed by atoms with Crippen molar-refractivity contribution in [2.45, 2.75) is 0 Å². The topological polar surface area (TPSA) is 96.7 Å². The molecule has 1 fully saturated rings. The summed E-state index contributed by atoms with van der Waals surface area (Å²) < 4.78 is 0. The van der Waals surface area contributed by atoms with E-state index < -0.39 is 11.9 Å². The fraction of sp³-hybridized carbons (Fsp3) is 0.286. The van der Waals surface area contributed by atoms with E-state index >= 15 is 0 Å². The molecular formula is C21H24N4O4S. The summed E-state index contributed by atoms with van der Waals surface area (Å²) in [7, 11) is 4.32. The van der Waals surface area contributed by atoms with Gasteiger partial charge in [-0.25, -0.2) is 14.6 Å². The highest BCUT2D eigenvalue weighted by atomic mass is 32.1. The maximum Gasteiger partial charge on any atom is 0.328 e. The number of aliphatic carboxylic acids is 2. The highest BCUT2D eigenvalue weighted by Gasteiger charge is 2.26. The number of rotatable bonds is 2. The van der Waals surface area contributed by atoms with Crippen LogP contribution in [0.5, 0.6) is 0 Å². The molecule has 158 valence electrons. The van der Waals surface area contributed by atoms with Crippen LogP contribution in [0.15, 0.2) is 52.2 Å². The molecule has 2 aromatic rings. The van der Waals surface area contributed by atoms with Gasteiger partial charge in [-0.15, -0.1) is 11.3 Å². The van der Waals surface area contributed by atoms with Gasteiger partial charge in [-0.2, -0.15) is 0 Å². The van der Waals surface area contributed by atoms with Crippen molar-refractivity contribution in [1.29, 1.82) is 0 Å². The number of benzene rings is 1. The first-order chi connectivity index (χ1) is 14.4. The first-order valence-corrected chi connectivity index (χ1v) is 10.4. The van der Waals surface area contributed by atoms with Gasteiger partial charge in [0.05, 0.1) is 17.1 Å². The molecule has 1 aromatic heterocycles. The Morgan fingerprint density at radius 3 is 2.23 bits per heavy atom. The lowest BCUT2D eigenvalue weighted by Crippen LogP contribution is -2.47. The highest BCUT2D eigenvalue weighted by Crippen LogP contribution is 2.41. The van der Waals surface area contributed by atoms with Crippen LogP contribution in [0.1, 0.15) is 5.56 Å². The summed E-state index contributed by atoms with van der Waals surface area (Å²) in [5.41, 5.74) is 4.74. The van der Waals surface area contributed by atoms with E-state index in [0.717, 1.165) is 37.7 Å². The number of nitrogens with zero attached hydrogens (tertiary/aromatic N) is 4. The van der Waals surface area contributed by atoms with Gasteiger partial charge in [0, 0.05) is 61.7 Å². The van der Waals surface area contributed by atoms with Gasteiger partial charge in [0.1, 0.15) is 5.84 Å². The fourth-order valence-corrected chi connectivity index (χ4v) is 4.06. The molecule has 0 bridgehead atoms. The summed E-state index contributed by atoms with van der Waals surface area (Å²) >= 11 is 1.72. The molecular weight excluding hydrogens is 404 g/mol. The second-order valence-corrected chi connectivity index (χ2v) is 7.70. The number of likely N-dealkylation sites (N-methyl/N-ethyl adjacent to an activating group) is 1. The van der Waals surface area contributed by atoms with E-state index in [1.807, 2.05) is 0 Å². The number of hydrogen-bond acceptors (Lipinski definition) is 7. The van der Waals surface area contributed by atoms with Crippen molar-refractivity contribution < 1.29 is 19.8 Å². The van der Waals surface area contributed by atoms with Gasteiger partial charge in [0.2, 0.25) is 0 Å². The minimum Gasteiger partial charge on any atom is -0.478 e. The maximum atomic E-state index is 9.55. The molecule has 0 unspecified atom stereocenters. The summed E-state index contributed by atoms with van der Waals surface area (Å²) in [5, 5.41) is 20.0. The minimum absolute atomic E-state index is 0.558. The van der Waals surface area contributed by atoms with Crippen molar-refractivity contribution in [3.63, 3.8) is 0 Å². The van der Waals surface area contributed by atoms with Crippen LogP contribution >= 0.6 is 11.3 Å². The highest BCUT2D eigenvalue weighted by molar-refractivity contribution is 7.09. The number of anilines is 2. The maximum absolute atomic E-state index is 9.55. The van der Waals surface area contributed by atoms with Gasteiger partial charge in [-0.1, -0.05) is 12.1 Å². The van der Waals surface area contributed by atoms with E-state index in [4.69, 9.17) is 15.2 Å². The van der Waals surface area contributed by atoms with Crippen molar-refractivity contribution in [2.75, 3.05) is 45.2 Å². The Morgan fingerprint density at radius 1 is 0.967 bits per heavy atom. The lowest BCUT2D eigenvalue weighted by atomic mass is 10.1. The molecule has 0 spiro atoms. The molecule has 2 N–H and O–H groups in total. The standard InChI is InChI=1S/C17H20N4S.C4H4O4/c1-19-7-9-21(10-8-19)17-13-5-3-4-6-15(13)20(2)16-12-22-11-14(16)18-17;5-3(6)1-2-4(7)8/h3-6,11-12H,7-10H2,1-2H3;1-2H,(H,5,6)(H,7,8). The molecule has 2 aliphatic rings. The lowest BCUT2D eigenvalue weighted by Gasteiger charge is -2.35. The second kappa shape index (κ2) is 9.55. The zero-order chi connectivity index (χ0) is 21.7. The molecule has 8 nitrogen and oxygen atoms in total. The number of piperazine rings is 1. The number of carbonyl (C=O) groups is 2. The Kier molecular flexibility index (Phi) is 6.86. The van der Waals surface area contributed by atoms with Crippen molar-refractivity contribution in [2.24, 2.45) is 4.99 Å². The molecule has 0 saturated carbocycles. The molecule has 1 aromatic carbocycles. The summed E-state index contributed by atoms with van der Waals surface area (Å²) in [6.45, 7) is 4.25. The van der Waals surface area contributed by atoms with Crippen molar-refractivity contribution in [1.82, 2.24) is 9.80 Å². The molecule has 4 rings (SSSR count). The average Bonchev–Trinajstić information content (AvgIpc) is 3.15. The van der Waals surface area contributed by atoms with Crippen LogP contribution in [0.3, 0.4) is 0 Å². The Morgan fingerprint density at radius 2 is 1.60 bits per heavy atom. The van der Waals surface area contributed by atoms with Crippen LogP contribution in [-0.2, 0) is 9.59 Å². The molecule has 0 amide bonds. The third-order valence-corrected chi connectivity index (χ3v) is 5.61. The van der Waals surface area contributed by atoms with Crippen LogP contribution in [-0.4, -0.2) is 78.1 Å². The van der Waals surface area contributed by atoms with E-state index in [0.29, 0.717) is 12.2 Å². The smallest absolute Gasteiger partial charge is 0.328 e. The summed E-state index contributed by atoms with van der Waals surface area (Å²) in [6, 6.07) is 8.59. The SMILES string of the molecule is CN1CCN(C2=Nc3cscc3N(C)c3ccccc32)CC1.O=C(O)C=CC(=O)O. The fourth-order valence-electron chi connectivity index (χ4n) is 3.28. The number of aliphatic imine (C=N–C) groups is 1. The first kappa shape index (κ1) is 21.5. The predicted octanol–water partition coefficient (Wildman–Crippen LogP) is 2.87. The van der Waals surface area contributed by atoms with Crippen LogP contribution in [0.25, 0.3) is 0 Å². The van der Waals surface area contributed by atoms with Crippen LogP contribution in [0, 0.1) is 0 Å². The van der Waals surface area contributed by atoms with E-state index in [9.17, 15) is 9.59 Å². The number of para-hydroxylation sites is 1. The van der Waals surface area contributed by atoms with Crippen LogP contribution in [0.4, 0.5) is 17.1 Å². The van der Waals surface area contributed by atoms with Crippen LogP contribution < -0.4 is 4.90 Å². The molecule has 1 saturated heterocycles. The summed E-state index contributed by atoms with van der Waals surface area (Å²) in [5.74, 6) is -1.40. The largest absolute Gasteiger partial charge is 0.478 e. The van der Waals surface area contributed by atoms with Gasteiger partial charge >= 0.3 is 11.9 Å². The number of carboxylic acid groups (broad SMARTS) is 2. The zero-order valence-electron chi connectivity index (χ0n) is 16.9. The number of hydrogen-bond donors (Lipinski definition) is 2. The number of amidine groups is 1. The van der Waals surface area contributed by atoms with Gasteiger partial charge in [-0.05, 0) is 19.2 Å². The third kappa shape index (κ3) is 5.05. The molecule has 0 aliphatic carbocycles. The van der Waals surface area contributed by atoms with Crippen molar-refractivity contribution in [3.05, 3.63) is 52.7 Å². The van der Waals surface area contributed by atoms with E-state index in [-0.39, 0.29) is 0 Å². The normalized spacial score (nSPS) is 16.1. The van der Waals surface area contributed by atoms with Gasteiger partial charge in [0.25, 0.3) is 0 Å². The second-order valence-electron chi connectivity index (χ2n) is 6.95. The number of thiophene rings is 1. The predicted molar refractivity (Wildman–Crippen MR) is 119 cm³/mol. The molecule has 30 heavy (non-hydrogen) atoms. The number of carboxylic acids is 2. The Bertz CT molecular complexity index is 961. The Balaban J connectivity index is 0.000000275. The van der Waals surface area contributed by atoms with E-state index in [1.165, 1.54) is 16.9 Å². The summed E-state index contributed by atoms with van der Waals surface area (Å²) in [6.07, 6.45) is 1.12. The summed E-state index contributed by atoms with van der Waals surface area (Å²) in [4.78, 5) is 31.2. The van der Waals surface area contributed by atoms with Gasteiger partial charge in [0.15, 0.2) is 0 Å². The lowest BCUT2D eigenvalue weighted by molar-refractivity contribution is -0.134. The van der Waals surface area contributed by atoms with Crippen molar-refractivity contribution in [3.8, 4) is 0 Å². The molecule has 0 atom stereocenters. The quantitative estimate of drug-likeness (QED) is 0.710. The van der Waals surface area contributed by atoms with Crippen LogP contribution in [0.2, 0.25) is 0 Å². The van der Waals surface area contributed by atoms with Gasteiger partial charge < -0.3 is 24.9 Å². The minimum atomic E-state index is -1.26. The Labute approximate surface area is 179 Å². The van der Waals surface area contributed by atoms with Crippen molar-refractivity contribution >= 4 is 46.2 Å².